The highest BCUT2D eigenvalue weighted by Gasteiger charge is 2.12. The number of hydrogen-bond donors (Lipinski definition) is 2. The molecule has 3 aromatic carbocycles. The Hall–Kier alpha value is -3.26. The smallest absolute Gasteiger partial charge is 0.119 e. The normalized spacial score (nSPS) is 12.8. The predicted octanol–water partition coefficient (Wildman–Crippen LogP) is 7.25. The van der Waals surface area contributed by atoms with Crippen molar-refractivity contribution in [1.29, 1.82) is 0 Å². The van der Waals surface area contributed by atoms with Crippen molar-refractivity contribution >= 4 is 0 Å². The molecule has 0 amide bonds. The van der Waals surface area contributed by atoms with Crippen LogP contribution in [-0.2, 0) is 25.7 Å². The molecule has 0 aliphatic rings. The maximum atomic E-state index is 10.0. The summed E-state index contributed by atoms with van der Waals surface area (Å²) >= 11 is 0. The third kappa shape index (κ3) is 5.91. The lowest BCUT2D eigenvalue weighted by molar-refractivity contribution is 0.468. The molecule has 0 bridgehead atoms. The van der Waals surface area contributed by atoms with Crippen LogP contribution in [0.1, 0.15) is 59.1 Å². The minimum absolute atomic E-state index is 0.335. The molecule has 2 N–H and O–H groups in total. The summed E-state index contributed by atoms with van der Waals surface area (Å²) in [5.74, 6) is 1.38. The van der Waals surface area contributed by atoms with Crippen LogP contribution in [0.4, 0.5) is 0 Å². The van der Waals surface area contributed by atoms with E-state index in [1.807, 2.05) is 24.3 Å². The lowest BCUT2D eigenvalue weighted by Crippen LogP contribution is -2.02. The molecular formula is C30H34O2. The Balaban J connectivity index is 1.71. The van der Waals surface area contributed by atoms with Gasteiger partial charge in [-0.25, -0.2) is 0 Å². The SMILES string of the molecule is C=CCc1cc(C(C)Cc2cccc(CC(C)c3ccc(O)c(CC=C)c3)c2)ccc1O. The molecule has 3 rings (SSSR count). The van der Waals surface area contributed by atoms with Crippen LogP contribution in [0.25, 0.3) is 0 Å². The summed E-state index contributed by atoms with van der Waals surface area (Å²) in [4.78, 5) is 0. The Morgan fingerprint density at radius 1 is 0.688 bits per heavy atom. The van der Waals surface area contributed by atoms with Gasteiger partial charge in [-0.15, -0.1) is 13.2 Å². The van der Waals surface area contributed by atoms with Gasteiger partial charge in [-0.3, -0.25) is 0 Å². The number of rotatable bonds is 10. The fourth-order valence-corrected chi connectivity index (χ4v) is 4.29. The van der Waals surface area contributed by atoms with Crippen molar-refractivity contribution in [2.24, 2.45) is 0 Å². The summed E-state index contributed by atoms with van der Waals surface area (Å²) in [7, 11) is 0. The standard InChI is InChI=1S/C30H34O2/c1-5-8-27-19-25(12-14-29(27)31)21(3)16-23-10-7-11-24(18-23)17-22(4)26-13-15-30(32)28(20-26)9-6-2/h5-7,10-15,18-22,31-32H,1-2,8-9,16-17H2,3-4H3. The van der Waals surface area contributed by atoms with Crippen molar-refractivity contribution in [3.05, 3.63) is 119 Å². The molecular weight excluding hydrogens is 392 g/mol. The fourth-order valence-electron chi connectivity index (χ4n) is 4.29. The van der Waals surface area contributed by atoms with E-state index < -0.39 is 0 Å². The van der Waals surface area contributed by atoms with Gasteiger partial charge < -0.3 is 10.2 Å². The van der Waals surface area contributed by atoms with Crippen molar-refractivity contribution in [2.45, 2.75) is 51.4 Å². The molecule has 2 nitrogen and oxygen atoms in total. The molecule has 2 unspecified atom stereocenters. The predicted molar refractivity (Wildman–Crippen MR) is 135 cm³/mol. The molecule has 0 radical (unpaired) electrons. The van der Waals surface area contributed by atoms with Crippen molar-refractivity contribution in [3.63, 3.8) is 0 Å². The first kappa shape index (κ1) is 23.4. The van der Waals surface area contributed by atoms with Crippen LogP contribution in [0.5, 0.6) is 11.5 Å². The van der Waals surface area contributed by atoms with Gasteiger partial charge >= 0.3 is 0 Å². The van der Waals surface area contributed by atoms with Gasteiger partial charge in [0.1, 0.15) is 11.5 Å². The summed E-state index contributed by atoms with van der Waals surface area (Å²) in [6.45, 7) is 12.0. The summed E-state index contributed by atoms with van der Waals surface area (Å²) < 4.78 is 0. The summed E-state index contributed by atoms with van der Waals surface area (Å²) in [5.41, 5.74) is 6.96. The Morgan fingerprint density at radius 2 is 1.12 bits per heavy atom. The highest BCUT2D eigenvalue weighted by atomic mass is 16.3. The topological polar surface area (TPSA) is 40.5 Å². The quantitative estimate of drug-likeness (QED) is 0.335. The van der Waals surface area contributed by atoms with Crippen molar-refractivity contribution in [3.8, 4) is 11.5 Å². The molecule has 0 aliphatic carbocycles. The minimum atomic E-state index is 0.335. The lowest BCUT2D eigenvalue weighted by atomic mass is 9.89. The van der Waals surface area contributed by atoms with E-state index in [2.05, 4.69) is 63.4 Å². The largest absolute Gasteiger partial charge is 0.508 e. The molecule has 0 saturated carbocycles. The highest BCUT2D eigenvalue weighted by Crippen LogP contribution is 2.29. The van der Waals surface area contributed by atoms with E-state index in [0.717, 1.165) is 24.0 Å². The third-order valence-electron chi connectivity index (χ3n) is 6.15. The number of allylic oxidation sites excluding steroid dienone is 2. The number of phenolic OH excluding ortho intramolecular Hbond substituents is 2. The minimum Gasteiger partial charge on any atom is -0.508 e. The first-order chi connectivity index (χ1) is 15.4. The number of benzene rings is 3. The van der Waals surface area contributed by atoms with Gasteiger partial charge in [-0.1, -0.05) is 74.5 Å². The zero-order valence-corrected chi connectivity index (χ0v) is 19.2. The number of hydrogen-bond acceptors (Lipinski definition) is 2. The Labute approximate surface area is 192 Å². The molecule has 0 fully saturated rings. The molecule has 0 saturated heterocycles. The van der Waals surface area contributed by atoms with E-state index >= 15 is 0 Å². The van der Waals surface area contributed by atoms with Gasteiger partial charge in [0.15, 0.2) is 0 Å². The highest BCUT2D eigenvalue weighted by molar-refractivity contribution is 5.40. The second-order valence-electron chi connectivity index (χ2n) is 8.79. The van der Waals surface area contributed by atoms with Gasteiger partial charge in [-0.05, 0) is 83.0 Å². The van der Waals surface area contributed by atoms with E-state index in [1.165, 1.54) is 22.3 Å². The van der Waals surface area contributed by atoms with Crippen molar-refractivity contribution in [1.82, 2.24) is 0 Å². The molecule has 32 heavy (non-hydrogen) atoms. The molecule has 2 atom stereocenters. The van der Waals surface area contributed by atoms with E-state index in [9.17, 15) is 10.2 Å². The summed E-state index contributed by atoms with van der Waals surface area (Å²) in [5, 5.41) is 20.1. The van der Waals surface area contributed by atoms with Crippen LogP contribution in [-0.4, -0.2) is 10.2 Å². The molecule has 0 spiro atoms. The van der Waals surface area contributed by atoms with E-state index in [1.54, 1.807) is 12.1 Å². The van der Waals surface area contributed by atoms with Crippen LogP contribution in [0.3, 0.4) is 0 Å². The molecule has 166 valence electrons. The average Bonchev–Trinajstić information content (AvgIpc) is 2.77. The Morgan fingerprint density at radius 3 is 1.53 bits per heavy atom. The number of phenols is 2. The van der Waals surface area contributed by atoms with Gasteiger partial charge in [0.05, 0.1) is 0 Å². The number of aromatic hydroxyl groups is 2. The zero-order chi connectivity index (χ0) is 23.1. The summed E-state index contributed by atoms with van der Waals surface area (Å²) in [6.07, 6.45) is 6.88. The van der Waals surface area contributed by atoms with Gasteiger partial charge in [0, 0.05) is 0 Å². The van der Waals surface area contributed by atoms with E-state index in [0.29, 0.717) is 36.2 Å². The average molecular weight is 427 g/mol. The first-order valence-corrected chi connectivity index (χ1v) is 11.3. The van der Waals surface area contributed by atoms with Crippen molar-refractivity contribution < 1.29 is 10.2 Å². The van der Waals surface area contributed by atoms with Crippen LogP contribution in [0.2, 0.25) is 0 Å². The second kappa shape index (κ2) is 10.9. The molecule has 0 aliphatic heterocycles. The molecule has 2 heteroatoms. The van der Waals surface area contributed by atoms with Crippen LogP contribution >= 0.6 is 0 Å². The van der Waals surface area contributed by atoms with Crippen LogP contribution < -0.4 is 0 Å². The van der Waals surface area contributed by atoms with Gasteiger partial charge in [0.25, 0.3) is 0 Å². The lowest BCUT2D eigenvalue weighted by Gasteiger charge is -2.17. The molecule has 3 aromatic rings. The van der Waals surface area contributed by atoms with Crippen LogP contribution in [0.15, 0.2) is 86.0 Å². The first-order valence-electron chi connectivity index (χ1n) is 11.3. The van der Waals surface area contributed by atoms with Gasteiger partial charge in [-0.2, -0.15) is 0 Å². The van der Waals surface area contributed by atoms with E-state index in [-0.39, 0.29) is 0 Å². The van der Waals surface area contributed by atoms with Gasteiger partial charge in [0.2, 0.25) is 0 Å². The third-order valence-corrected chi connectivity index (χ3v) is 6.15. The zero-order valence-electron chi connectivity index (χ0n) is 19.2. The van der Waals surface area contributed by atoms with Crippen molar-refractivity contribution in [2.75, 3.05) is 0 Å². The molecule has 0 heterocycles. The maximum Gasteiger partial charge on any atom is 0.119 e. The fraction of sp³-hybridized carbons (Fsp3) is 0.267. The van der Waals surface area contributed by atoms with Crippen LogP contribution in [0, 0.1) is 0 Å². The summed E-state index contributed by atoms with van der Waals surface area (Å²) in [6, 6.07) is 20.7. The van der Waals surface area contributed by atoms with E-state index in [4.69, 9.17) is 0 Å². The second-order valence-corrected chi connectivity index (χ2v) is 8.79. The Bertz CT molecular complexity index is 997. The monoisotopic (exact) mass is 426 g/mol. The Kier molecular flexibility index (Phi) is 7.94. The maximum absolute atomic E-state index is 10.0. The molecule has 0 aromatic heterocycles.